The molecule has 2 heterocycles. The Labute approximate surface area is 138 Å². The number of rotatable bonds is 4. The zero-order chi connectivity index (χ0) is 17.2. The lowest BCUT2D eigenvalue weighted by Crippen LogP contribution is -2.15. The fourth-order valence-electron chi connectivity index (χ4n) is 2.14. The van der Waals surface area contributed by atoms with Gasteiger partial charge in [0, 0.05) is 23.5 Å². The van der Waals surface area contributed by atoms with Crippen molar-refractivity contribution in [1.82, 2.24) is 15.2 Å². The highest BCUT2D eigenvalue weighted by Gasteiger charge is 2.30. The SMILES string of the molecule is O=C(Cc1ccc2[nH]ccc2c1)Nc1ccc(SC(F)(F)F)nn1. The number of halogens is 3. The number of aromatic amines is 1. The third-order valence-corrected chi connectivity index (χ3v) is 3.77. The van der Waals surface area contributed by atoms with Gasteiger partial charge in [0.05, 0.1) is 6.42 Å². The highest BCUT2D eigenvalue weighted by Crippen LogP contribution is 2.35. The van der Waals surface area contributed by atoms with E-state index in [9.17, 15) is 18.0 Å². The van der Waals surface area contributed by atoms with Crippen LogP contribution >= 0.6 is 11.8 Å². The number of alkyl halides is 3. The average molecular weight is 352 g/mol. The van der Waals surface area contributed by atoms with E-state index < -0.39 is 5.51 Å². The van der Waals surface area contributed by atoms with Gasteiger partial charge in [-0.2, -0.15) is 13.2 Å². The Hall–Kier alpha value is -2.55. The molecule has 0 atom stereocenters. The summed E-state index contributed by atoms with van der Waals surface area (Å²) in [6, 6.07) is 9.94. The molecule has 3 aromatic rings. The van der Waals surface area contributed by atoms with E-state index in [1.807, 2.05) is 30.5 Å². The van der Waals surface area contributed by atoms with Crippen LogP contribution in [-0.4, -0.2) is 26.6 Å². The number of aromatic nitrogens is 3. The lowest BCUT2D eigenvalue weighted by atomic mass is 10.1. The van der Waals surface area contributed by atoms with Crippen LogP contribution in [0.5, 0.6) is 0 Å². The number of anilines is 1. The standard InChI is InChI=1S/C15H11F3N4OS/c16-15(17,18)24-14-4-3-12(21-22-14)20-13(23)8-9-1-2-11-10(7-9)5-6-19-11/h1-7,19H,8H2,(H,20,21,23). The Bertz CT molecular complexity index is 861. The molecule has 1 aromatic carbocycles. The van der Waals surface area contributed by atoms with Crippen molar-refractivity contribution in [1.29, 1.82) is 0 Å². The summed E-state index contributed by atoms with van der Waals surface area (Å²) >= 11 is -0.356. The molecule has 0 spiro atoms. The van der Waals surface area contributed by atoms with Crippen molar-refractivity contribution in [3.05, 3.63) is 48.2 Å². The molecule has 0 saturated carbocycles. The summed E-state index contributed by atoms with van der Waals surface area (Å²) in [5.41, 5.74) is -2.63. The monoisotopic (exact) mass is 352 g/mol. The van der Waals surface area contributed by atoms with Gasteiger partial charge in [-0.3, -0.25) is 4.79 Å². The van der Waals surface area contributed by atoms with Crippen molar-refractivity contribution < 1.29 is 18.0 Å². The Morgan fingerprint density at radius 2 is 2.00 bits per heavy atom. The van der Waals surface area contributed by atoms with Gasteiger partial charge in [0.25, 0.3) is 0 Å². The van der Waals surface area contributed by atoms with Crippen molar-refractivity contribution in [2.45, 2.75) is 17.0 Å². The molecule has 0 bridgehead atoms. The number of thioether (sulfide) groups is 1. The van der Waals surface area contributed by atoms with Crippen molar-refractivity contribution in [2.75, 3.05) is 5.32 Å². The largest absolute Gasteiger partial charge is 0.447 e. The molecule has 5 nitrogen and oxygen atoms in total. The van der Waals surface area contributed by atoms with E-state index in [1.165, 1.54) is 6.07 Å². The van der Waals surface area contributed by atoms with Crippen LogP contribution in [-0.2, 0) is 11.2 Å². The van der Waals surface area contributed by atoms with Crippen LogP contribution in [0.1, 0.15) is 5.56 Å². The number of benzene rings is 1. The lowest BCUT2D eigenvalue weighted by Gasteiger charge is -2.06. The Kier molecular flexibility index (Phi) is 4.43. The van der Waals surface area contributed by atoms with Gasteiger partial charge in [0.2, 0.25) is 5.91 Å². The number of nitrogens with one attached hydrogen (secondary N) is 2. The van der Waals surface area contributed by atoms with Gasteiger partial charge in [-0.05, 0) is 41.3 Å². The zero-order valence-corrected chi connectivity index (χ0v) is 12.9. The number of fused-ring (bicyclic) bond motifs is 1. The Morgan fingerprint density at radius 1 is 1.17 bits per heavy atom. The summed E-state index contributed by atoms with van der Waals surface area (Å²) in [6.45, 7) is 0. The molecule has 0 fully saturated rings. The number of hydrogen-bond acceptors (Lipinski definition) is 4. The van der Waals surface area contributed by atoms with Crippen LogP contribution in [0.4, 0.5) is 19.0 Å². The van der Waals surface area contributed by atoms with Crippen LogP contribution in [0.3, 0.4) is 0 Å². The lowest BCUT2D eigenvalue weighted by molar-refractivity contribution is -0.115. The summed E-state index contributed by atoms with van der Waals surface area (Å²) in [5.74, 6) is -0.218. The highest BCUT2D eigenvalue weighted by molar-refractivity contribution is 8.00. The van der Waals surface area contributed by atoms with E-state index in [4.69, 9.17) is 0 Å². The molecule has 9 heteroatoms. The number of nitrogens with zero attached hydrogens (tertiary/aromatic N) is 2. The first-order chi connectivity index (χ1) is 11.4. The van der Waals surface area contributed by atoms with Crippen molar-refractivity contribution in [2.24, 2.45) is 0 Å². The molecule has 2 N–H and O–H groups in total. The molecule has 0 saturated heterocycles. The third kappa shape index (κ3) is 4.25. The second kappa shape index (κ2) is 6.52. The number of H-pyrrole nitrogens is 1. The Morgan fingerprint density at radius 3 is 2.71 bits per heavy atom. The van der Waals surface area contributed by atoms with Crippen molar-refractivity contribution >= 4 is 34.4 Å². The molecule has 3 rings (SSSR count). The first kappa shape index (κ1) is 16.3. The Balaban J connectivity index is 1.61. The molecule has 2 aromatic heterocycles. The number of amides is 1. The average Bonchev–Trinajstić information content (AvgIpc) is 2.95. The maximum Gasteiger partial charge on any atom is 0.447 e. The second-order valence-electron chi connectivity index (χ2n) is 4.93. The summed E-state index contributed by atoms with van der Waals surface area (Å²) in [5, 5.41) is 10.2. The number of carbonyl (C=O) groups excluding carboxylic acids is 1. The molecule has 0 aliphatic carbocycles. The fourth-order valence-corrected chi connectivity index (χ4v) is 2.60. The van der Waals surface area contributed by atoms with Gasteiger partial charge in [-0.1, -0.05) is 6.07 Å². The minimum Gasteiger partial charge on any atom is -0.361 e. The predicted octanol–water partition coefficient (Wildman–Crippen LogP) is 3.75. The van der Waals surface area contributed by atoms with E-state index in [1.54, 1.807) is 0 Å². The van der Waals surface area contributed by atoms with E-state index in [0.29, 0.717) is 0 Å². The van der Waals surface area contributed by atoms with E-state index in [-0.39, 0.29) is 34.9 Å². The van der Waals surface area contributed by atoms with Crippen LogP contribution in [0.2, 0.25) is 0 Å². The van der Waals surface area contributed by atoms with Gasteiger partial charge in [0.15, 0.2) is 5.82 Å². The highest BCUT2D eigenvalue weighted by atomic mass is 32.2. The summed E-state index contributed by atoms with van der Waals surface area (Å²) in [7, 11) is 0. The van der Waals surface area contributed by atoms with E-state index in [0.717, 1.165) is 22.5 Å². The zero-order valence-electron chi connectivity index (χ0n) is 12.1. The minimum absolute atomic E-state index is 0.106. The maximum absolute atomic E-state index is 12.2. The molecule has 124 valence electrons. The smallest absolute Gasteiger partial charge is 0.361 e. The molecule has 0 aliphatic rings. The fraction of sp³-hybridized carbons (Fsp3) is 0.133. The molecule has 0 radical (unpaired) electrons. The molecule has 24 heavy (non-hydrogen) atoms. The van der Waals surface area contributed by atoms with Crippen LogP contribution < -0.4 is 5.32 Å². The van der Waals surface area contributed by atoms with E-state index in [2.05, 4.69) is 20.5 Å². The molecule has 0 unspecified atom stereocenters. The van der Waals surface area contributed by atoms with Gasteiger partial charge >= 0.3 is 5.51 Å². The quantitative estimate of drug-likeness (QED) is 0.702. The minimum atomic E-state index is -4.42. The maximum atomic E-state index is 12.2. The van der Waals surface area contributed by atoms with Gasteiger partial charge in [-0.25, -0.2) is 0 Å². The summed E-state index contributed by atoms with van der Waals surface area (Å²) in [4.78, 5) is 15.1. The summed E-state index contributed by atoms with van der Waals surface area (Å²) in [6.07, 6.45) is 1.94. The number of hydrogen-bond donors (Lipinski definition) is 2. The van der Waals surface area contributed by atoms with Gasteiger partial charge in [-0.15, -0.1) is 10.2 Å². The molecular weight excluding hydrogens is 341 g/mol. The number of carbonyl (C=O) groups is 1. The first-order valence-corrected chi connectivity index (χ1v) is 7.66. The molecular formula is C15H11F3N4OS. The van der Waals surface area contributed by atoms with Crippen LogP contribution in [0, 0.1) is 0 Å². The third-order valence-electron chi connectivity index (χ3n) is 3.11. The normalized spacial score (nSPS) is 11.6. The summed E-state index contributed by atoms with van der Waals surface area (Å²) < 4.78 is 36.6. The predicted molar refractivity (Wildman–Crippen MR) is 84.6 cm³/mol. The topological polar surface area (TPSA) is 70.7 Å². The first-order valence-electron chi connectivity index (χ1n) is 6.84. The van der Waals surface area contributed by atoms with Crippen molar-refractivity contribution in [3.63, 3.8) is 0 Å². The van der Waals surface area contributed by atoms with Crippen molar-refractivity contribution in [3.8, 4) is 0 Å². The van der Waals surface area contributed by atoms with E-state index >= 15 is 0 Å². The van der Waals surface area contributed by atoms with Gasteiger partial charge < -0.3 is 10.3 Å². The van der Waals surface area contributed by atoms with Crippen LogP contribution in [0.25, 0.3) is 10.9 Å². The molecule has 0 aliphatic heterocycles. The van der Waals surface area contributed by atoms with Gasteiger partial charge in [0.1, 0.15) is 5.03 Å². The second-order valence-corrected chi connectivity index (χ2v) is 6.01. The molecule has 1 amide bonds. The van der Waals surface area contributed by atoms with Crippen LogP contribution in [0.15, 0.2) is 47.6 Å².